The normalized spacial score (nSPS) is 12.5. The minimum absolute atomic E-state index is 0.652. The van der Waals surface area contributed by atoms with Crippen LogP contribution in [0.1, 0.15) is 17.2 Å². The first kappa shape index (κ1) is 15.0. The van der Waals surface area contributed by atoms with E-state index in [1.807, 2.05) is 36.4 Å². The standard InChI is InChI=1S/C13H8Br3IO/c14-7-1-3-11(16)9(5-7)13(18)10-6-8(15)2-4-12(10)17/h1-6,13,18H. The zero-order chi connectivity index (χ0) is 13.3. The van der Waals surface area contributed by atoms with Crippen LogP contribution >= 0.6 is 70.4 Å². The molecule has 1 atom stereocenters. The molecule has 1 N–H and O–H groups in total. The molecule has 0 heterocycles. The second-order valence-corrected chi connectivity index (χ2v) is 7.58. The van der Waals surface area contributed by atoms with E-state index < -0.39 is 6.10 Å². The summed E-state index contributed by atoms with van der Waals surface area (Å²) in [6.45, 7) is 0. The second kappa shape index (κ2) is 6.35. The van der Waals surface area contributed by atoms with Crippen LogP contribution in [0.4, 0.5) is 0 Å². The zero-order valence-electron chi connectivity index (χ0n) is 9.00. The average molecular weight is 547 g/mol. The van der Waals surface area contributed by atoms with Gasteiger partial charge in [0.05, 0.1) is 0 Å². The summed E-state index contributed by atoms with van der Waals surface area (Å²) in [4.78, 5) is 0. The van der Waals surface area contributed by atoms with Crippen molar-refractivity contribution in [1.29, 1.82) is 0 Å². The Labute approximate surface area is 145 Å². The Morgan fingerprint density at radius 2 is 1.44 bits per heavy atom. The van der Waals surface area contributed by atoms with E-state index in [0.717, 1.165) is 28.1 Å². The van der Waals surface area contributed by atoms with E-state index in [0.29, 0.717) is 0 Å². The molecule has 0 saturated carbocycles. The Morgan fingerprint density at radius 3 is 2.11 bits per heavy atom. The van der Waals surface area contributed by atoms with Crippen LogP contribution in [0.15, 0.2) is 49.8 Å². The molecule has 0 fully saturated rings. The smallest absolute Gasteiger partial charge is 0.106 e. The lowest BCUT2D eigenvalue weighted by Gasteiger charge is -2.15. The summed E-state index contributed by atoms with van der Waals surface area (Å²) in [6, 6.07) is 11.7. The third kappa shape index (κ3) is 3.36. The van der Waals surface area contributed by atoms with Gasteiger partial charge in [-0.2, -0.15) is 0 Å². The molecular formula is C13H8Br3IO. The van der Waals surface area contributed by atoms with Crippen molar-refractivity contribution >= 4 is 70.4 Å². The van der Waals surface area contributed by atoms with Crippen molar-refractivity contribution in [2.75, 3.05) is 0 Å². The molecule has 2 rings (SSSR count). The second-order valence-electron chi connectivity index (χ2n) is 3.73. The van der Waals surface area contributed by atoms with E-state index >= 15 is 0 Å². The topological polar surface area (TPSA) is 20.2 Å². The molecule has 0 aliphatic carbocycles. The third-order valence-electron chi connectivity index (χ3n) is 2.51. The molecule has 0 amide bonds. The number of rotatable bonds is 2. The predicted molar refractivity (Wildman–Crippen MR) is 92.8 cm³/mol. The largest absolute Gasteiger partial charge is 0.384 e. The number of hydrogen-bond donors (Lipinski definition) is 1. The van der Waals surface area contributed by atoms with Crippen LogP contribution in [0.2, 0.25) is 0 Å². The maximum absolute atomic E-state index is 10.5. The van der Waals surface area contributed by atoms with Gasteiger partial charge in [-0.1, -0.05) is 47.8 Å². The third-order valence-corrected chi connectivity index (χ3v) is 5.20. The van der Waals surface area contributed by atoms with Crippen molar-refractivity contribution in [2.45, 2.75) is 6.10 Å². The van der Waals surface area contributed by atoms with E-state index in [9.17, 15) is 5.11 Å². The van der Waals surface area contributed by atoms with E-state index in [-0.39, 0.29) is 0 Å². The molecule has 0 bridgehead atoms. The van der Waals surface area contributed by atoms with Gasteiger partial charge in [-0.25, -0.2) is 0 Å². The fourth-order valence-electron chi connectivity index (χ4n) is 1.62. The van der Waals surface area contributed by atoms with E-state index in [4.69, 9.17) is 0 Å². The zero-order valence-corrected chi connectivity index (χ0v) is 15.9. The van der Waals surface area contributed by atoms with Crippen molar-refractivity contribution in [2.24, 2.45) is 0 Å². The number of benzene rings is 2. The lowest BCUT2D eigenvalue weighted by Crippen LogP contribution is -2.03. The molecule has 0 aliphatic heterocycles. The summed E-state index contributed by atoms with van der Waals surface area (Å²) in [5.74, 6) is 0. The van der Waals surface area contributed by atoms with E-state index in [2.05, 4.69) is 70.4 Å². The summed E-state index contributed by atoms with van der Waals surface area (Å²) in [5, 5.41) is 10.5. The van der Waals surface area contributed by atoms with Crippen molar-refractivity contribution in [3.8, 4) is 0 Å². The molecule has 2 aromatic rings. The molecule has 94 valence electrons. The van der Waals surface area contributed by atoms with Gasteiger partial charge in [-0.05, 0) is 64.6 Å². The van der Waals surface area contributed by atoms with Gasteiger partial charge in [0.15, 0.2) is 0 Å². The molecule has 0 saturated heterocycles. The molecule has 1 nitrogen and oxygen atoms in total. The van der Waals surface area contributed by atoms with Crippen LogP contribution < -0.4 is 0 Å². The maximum atomic E-state index is 10.5. The van der Waals surface area contributed by atoms with Gasteiger partial charge in [-0.15, -0.1) is 0 Å². The Kier molecular flexibility index (Phi) is 5.28. The number of hydrogen-bond acceptors (Lipinski definition) is 1. The van der Waals surface area contributed by atoms with E-state index in [1.165, 1.54) is 0 Å². The first-order valence-corrected chi connectivity index (χ1v) is 8.53. The number of aliphatic hydroxyl groups excluding tert-OH is 1. The Hall–Kier alpha value is 0.570. The van der Waals surface area contributed by atoms with Gasteiger partial charge < -0.3 is 5.11 Å². The van der Waals surface area contributed by atoms with Gasteiger partial charge in [0.1, 0.15) is 6.10 Å². The number of aliphatic hydroxyl groups is 1. The van der Waals surface area contributed by atoms with Crippen molar-refractivity contribution < 1.29 is 5.11 Å². The van der Waals surface area contributed by atoms with Crippen molar-refractivity contribution in [3.05, 3.63) is 64.5 Å². The van der Waals surface area contributed by atoms with Crippen LogP contribution in [-0.4, -0.2) is 5.11 Å². The van der Waals surface area contributed by atoms with Gasteiger partial charge in [0.2, 0.25) is 0 Å². The van der Waals surface area contributed by atoms with Crippen LogP contribution in [0.3, 0.4) is 0 Å². The molecule has 0 radical (unpaired) electrons. The van der Waals surface area contributed by atoms with E-state index in [1.54, 1.807) is 0 Å². The van der Waals surface area contributed by atoms with Crippen LogP contribution in [0.5, 0.6) is 0 Å². The van der Waals surface area contributed by atoms with Crippen LogP contribution in [0.25, 0.3) is 0 Å². The molecule has 0 spiro atoms. The lowest BCUT2D eigenvalue weighted by molar-refractivity contribution is 0.218. The van der Waals surface area contributed by atoms with Gasteiger partial charge in [0.25, 0.3) is 0 Å². The highest BCUT2D eigenvalue weighted by Crippen LogP contribution is 2.34. The van der Waals surface area contributed by atoms with Gasteiger partial charge >= 0.3 is 0 Å². The van der Waals surface area contributed by atoms with Crippen LogP contribution in [-0.2, 0) is 0 Å². The highest BCUT2D eigenvalue weighted by molar-refractivity contribution is 14.1. The first-order chi connectivity index (χ1) is 8.49. The van der Waals surface area contributed by atoms with Gasteiger partial charge in [0, 0.05) is 22.6 Å². The monoisotopic (exact) mass is 544 g/mol. The van der Waals surface area contributed by atoms with Crippen molar-refractivity contribution in [1.82, 2.24) is 0 Å². The molecule has 1 unspecified atom stereocenters. The minimum Gasteiger partial charge on any atom is -0.384 e. The summed E-state index contributed by atoms with van der Waals surface area (Å²) in [7, 11) is 0. The van der Waals surface area contributed by atoms with Crippen molar-refractivity contribution in [3.63, 3.8) is 0 Å². The maximum Gasteiger partial charge on any atom is 0.106 e. The summed E-state index contributed by atoms with van der Waals surface area (Å²) in [5.41, 5.74) is 1.74. The molecule has 2 aromatic carbocycles. The minimum atomic E-state index is -0.652. The molecule has 0 aromatic heterocycles. The van der Waals surface area contributed by atoms with Gasteiger partial charge in [-0.3, -0.25) is 0 Å². The SMILES string of the molecule is OC(c1cc(Br)ccc1Br)c1cc(Br)ccc1I. The Morgan fingerprint density at radius 1 is 0.889 bits per heavy atom. The fourth-order valence-corrected chi connectivity index (χ4v) is 3.47. The first-order valence-electron chi connectivity index (χ1n) is 5.07. The average Bonchev–Trinajstić information content (AvgIpc) is 2.34. The molecule has 18 heavy (non-hydrogen) atoms. The Bertz CT molecular complexity index is 535. The fraction of sp³-hybridized carbons (Fsp3) is 0.0769. The molecule has 5 heteroatoms. The summed E-state index contributed by atoms with van der Waals surface area (Å²) >= 11 is 12.6. The highest BCUT2D eigenvalue weighted by Gasteiger charge is 2.17. The molecular weight excluding hydrogens is 539 g/mol. The summed E-state index contributed by atoms with van der Waals surface area (Å²) < 4.78 is 3.84. The molecule has 0 aliphatic rings. The lowest BCUT2D eigenvalue weighted by atomic mass is 10.0. The predicted octanol–water partition coefficient (Wildman–Crippen LogP) is 5.66. The van der Waals surface area contributed by atoms with Crippen LogP contribution in [0, 0.1) is 3.57 Å². The quantitative estimate of drug-likeness (QED) is 0.482. The number of halogens is 4. The summed E-state index contributed by atoms with van der Waals surface area (Å²) in [6.07, 6.45) is -0.652. The Balaban J connectivity index is 2.50. The highest BCUT2D eigenvalue weighted by atomic mass is 127.